The molecule has 6 heteroatoms. The molecule has 0 radical (unpaired) electrons. The predicted molar refractivity (Wildman–Crippen MR) is 115 cm³/mol. The van der Waals surface area contributed by atoms with Crippen molar-refractivity contribution in [1.29, 1.82) is 0 Å². The number of nitrogens with zero attached hydrogens (tertiary/aromatic N) is 4. The molecule has 3 aromatic carbocycles. The van der Waals surface area contributed by atoms with Crippen LogP contribution in [-0.2, 0) is 6.54 Å². The molecule has 0 aliphatic heterocycles. The number of para-hydroxylation sites is 1. The maximum Gasteiger partial charge on any atom is 0.269 e. The highest BCUT2D eigenvalue weighted by Crippen LogP contribution is 2.15. The number of hydrogen-bond acceptors (Lipinski definition) is 4. The number of anilines is 1. The quantitative estimate of drug-likeness (QED) is 0.510. The maximum atomic E-state index is 12.7. The molecule has 4 aromatic rings. The molecule has 0 unspecified atom stereocenters. The highest BCUT2D eigenvalue weighted by Gasteiger charge is 2.11. The number of carbonyl (C=O) groups excluding carboxylic acids is 1. The molecule has 0 spiro atoms. The Balaban J connectivity index is 1.45. The topological polar surface area (TPSA) is 63.1 Å². The van der Waals surface area contributed by atoms with Gasteiger partial charge >= 0.3 is 0 Å². The zero-order chi connectivity index (χ0) is 20.2. The molecule has 146 valence electrons. The van der Waals surface area contributed by atoms with Gasteiger partial charge in [-0.3, -0.25) is 15.2 Å². The molecule has 0 saturated carbocycles. The van der Waals surface area contributed by atoms with E-state index in [4.69, 9.17) is 0 Å². The molecular weight excluding hydrogens is 362 g/mol. The minimum absolute atomic E-state index is 0.134. The number of hydrazine groups is 1. The Hall–Kier alpha value is -3.67. The fourth-order valence-corrected chi connectivity index (χ4v) is 3.21. The summed E-state index contributed by atoms with van der Waals surface area (Å²) in [6.07, 6.45) is 0. The van der Waals surface area contributed by atoms with Crippen LogP contribution in [0.4, 0.5) is 5.69 Å². The summed E-state index contributed by atoms with van der Waals surface area (Å²) in [7, 11) is 0. The van der Waals surface area contributed by atoms with Gasteiger partial charge in [-0.15, -0.1) is 5.10 Å². The standard InChI is InChI=1S/C23H23N5O/c1-3-27(20-14-8-17(2)9-15-20)25-23(29)19-12-10-18(11-13-19)16-28-22-7-5-4-6-21(22)24-26-28/h4-15H,3,16H2,1-2H3,(H,25,29). The maximum absolute atomic E-state index is 12.7. The second-order valence-corrected chi connectivity index (χ2v) is 6.95. The van der Waals surface area contributed by atoms with Crippen LogP contribution in [0.25, 0.3) is 11.0 Å². The summed E-state index contributed by atoms with van der Waals surface area (Å²) >= 11 is 0. The molecule has 29 heavy (non-hydrogen) atoms. The SMILES string of the molecule is CCN(NC(=O)c1ccc(Cn2nnc3ccccc32)cc1)c1ccc(C)cc1. The molecule has 1 N–H and O–H groups in total. The molecule has 1 aromatic heterocycles. The Morgan fingerprint density at radius 3 is 2.45 bits per heavy atom. The lowest BCUT2D eigenvalue weighted by Crippen LogP contribution is -2.42. The predicted octanol–water partition coefficient (Wildman–Crippen LogP) is 3.96. The molecule has 0 fully saturated rings. The molecule has 0 saturated heterocycles. The van der Waals surface area contributed by atoms with Crippen LogP contribution in [0.15, 0.2) is 72.8 Å². The van der Waals surface area contributed by atoms with Crippen molar-refractivity contribution in [3.8, 4) is 0 Å². The van der Waals surface area contributed by atoms with Gasteiger partial charge in [0.25, 0.3) is 5.91 Å². The first-order chi connectivity index (χ1) is 14.1. The number of aryl methyl sites for hydroxylation is 1. The average Bonchev–Trinajstić information content (AvgIpc) is 3.16. The van der Waals surface area contributed by atoms with E-state index in [9.17, 15) is 4.79 Å². The number of amides is 1. The van der Waals surface area contributed by atoms with Crippen LogP contribution in [0.5, 0.6) is 0 Å². The smallest absolute Gasteiger partial charge is 0.269 e. The second kappa shape index (κ2) is 8.14. The van der Waals surface area contributed by atoms with Gasteiger partial charge in [0.05, 0.1) is 17.7 Å². The van der Waals surface area contributed by atoms with E-state index in [-0.39, 0.29) is 5.91 Å². The van der Waals surface area contributed by atoms with Crippen LogP contribution in [0.2, 0.25) is 0 Å². The van der Waals surface area contributed by atoms with Crippen LogP contribution in [0.1, 0.15) is 28.4 Å². The Morgan fingerprint density at radius 2 is 1.72 bits per heavy atom. The zero-order valence-corrected chi connectivity index (χ0v) is 16.5. The molecule has 4 rings (SSSR count). The number of benzene rings is 3. The molecule has 0 atom stereocenters. The van der Waals surface area contributed by atoms with Crippen molar-refractivity contribution in [3.05, 3.63) is 89.5 Å². The van der Waals surface area contributed by atoms with E-state index in [1.165, 1.54) is 5.56 Å². The van der Waals surface area contributed by atoms with Gasteiger partial charge in [-0.1, -0.05) is 47.2 Å². The monoisotopic (exact) mass is 385 g/mol. The first-order valence-corrected chi connectivity index (χ1v) is 9.66. The third kappa shape index (κ3) is 4.11. The minimum Gasteiger partial charge on any atom is -0.286 e. The van der Waals surface area contributed by atoms with E-state index in [0.717, 1.165) is 22.3 Å². The number of rotatable bonds is 6. The average molecular weight is 385 g/mol. The Labute approximate surface area is 169 Å². The van der Waals surface area contributed by atoms with Gasteiger partial charge in [-0.25, -0.2) is 4.68 Å². The largest absolute Gasteiger partial charge is 0.286 e. The van der Waals surface area contributed by atoms with Crippen LogP contribution < -0.4 is 10.4 Å². The van der Waals surface area contributed by atoms with Gasteiger partial charge in [-0.2, -0.15) is 0 Å². The lowest BCUT2D eigenvalue weighted by atomic mass is 10.1. The van der Waals surface area contributed by atoms with Crippen molar-refractivity contribution < 1.29 is 4.79 Å². The fourth-order valence-electron chi connectivity index (χ4n) is 3.21. The number of aromatic nitrogens is 3. The number of fused-ring (bicyclic) bond motifs is 1. The van der Waals surface area contributed by atoms with Crippen LogP contribution in [0, 0.1) is 6.92 Å². The lowest BCUT2D eigenvalue weighted by Gasteiger charge is -2.24. The highest BCUT2D eigenvalue weighted by molar-refractivity contribution is 5.95. The van der Waals surface area contributed by atoms with E-state index in [0.29, 0.717) is 18.7 Å². The van der Waals surface area contributed by atoms with Gasteiger partial charge in [0.2, 0.25) is 0 Å². The Kier molecular flexibility index (Phi) is 5.24. The number of nitrogens with one attached hydrogen (secondary N) is 1. The molecule has 1 amide bonds. The molecule has 1 heterocycles. The number of carbonyl (C=O) groups is 1. The summed E-state index contributed by atoms with van der Waals surface area (Å²) in [5.74, 6) is -0.134. The van der Waals surface area contributed by atoms with Gasteiger partial charge in [-0.05, 0) is 55.8 Å². The van der Waals surface area contributed by atoms with E-state index in [2.05, 4.69) is 15.7 Å². The molecule has 0 aliphatic carbocycles. The molecular formula is C23H23N5O. The summed E-state index contributed by atoms with van der Waals surface area (Å²) in [6.45, 7) is 5.33. The fraction of sp³-hybridized carbons (Fsp3) is 0.174. The van der Waals surface area contributed by atoms with Crippen molar-refractivity contribution in [3.63, 3.8) is 0 Å². The highest BCUT2D eigenvalue weighted by atomic mass is 16.2. The summed E-state index contributed by atoms with van der Waals surface area (Å²) < 4.78 is 1.86. The van der Waals surface area contributed by atoms with Crippen molar-refractivity contribution in [1.82, 2.24) is 20.4 Å². The van der Waals surface area contributed by atoms with E-state index < -0.39 is 0 Å². The third-order valence-corrected chi connectivity index (χ3v) is 4.87. The molecule has 6 nitrogen and oxygen atoms in total. The van der Waals surface area contributed by atoms with Crippen molar-refractivity contribution >= 4 is 22.6 Å². The summed E-state index contributed by atoms with van der Waals surface area (Å²) in [5, 5.41) is 10.2. The third-order valence-electron chi connectivity index (χ3n) is 4.87. The van der Waals surface area contributed by atoms with Crippen molar-refractivity contribution in [2.75, 3.05) is 11.6 Å². The first-order valence-electron chi connectivity index (χ1n) is 9.66. The lowest BCUT2D eigenvalue weighted by molar-refractivity contribution is 0.0949. The Bertz CT molecular complexity index is 1120. The normalized spacial score (nSPS) is 10.8. The van der Waals surface area contributed by atoms with E-state index >= 15 is 0 Å². The van der Waals surface area contributed by atoms with Crippen molar-refractivity contribution in [2.24, 2.45) is 0 Å². The number of hydrogen-bond donors (Lipinski definition) is 1. The zero-order valence-electron chi connectivity index (χ0n) is 16.5. The molecule has 0 aliphatic rings. The summed E-state index contributed by atoms with van der Waals surface area (Å²) in [6, 6.07) is 23.5. The van der Waals surface area contributed by atoms with Gasteiger partial charge in [0.1, 0.15) is 5.52 Å². The van der Waals surface area contributed by atoms with Gasteiger partial charge in [0.15, 0.2) is 0 Å². The van der Waals surface area contributed by atoms with Crippen molar-refractivity contribution in [2.45, 2.75) is 20.4 Å². The summed E-state index contributed by atoms with van der Waals surface area (Å²) in [5.41, 5.74) is 8.66. The van der Waals surface area contributed by atoms with Gasteiger partial charge in [0, 0.05) is 12.1 Å². The second-order valence-electron chi connectivity index (χ2n) is 6.95. The van der Waals surface area contributed by atoms with Crippen LogP contribution in [-0.4, -0.2) is 27.4 Å². The molecule has 0 bridgehead atoms. The van der Waals surface area contributed by atoms with Crippen LogP contribution >= 0.6 is 0 Å². The van der Waals surface area contributed by atoms with Crippen LogP contribution in [0.3, 0.4) is 0 Å². The van der Waals surface area contributed by atoms with E-state index in [1.54, 1.807) is 0 Å². The van der Waals surface area contributed by atoms with E-state index in [1.807, 2.05) is 96.3 Å². The first kappa shape index (κ1) is 18.7. The minimum atomic E-state index is -0.134. The van der Waals surface area contributed by atoms with Gasteiger partial charge < -0.3 is 0 Å². The Morgan fingerprint density at radius 1 is 1.00 bits per heavy atom. The summed E-state index contributed by atoms with van der Waals surface area (Å²) in [4.78, 5) is 12.7.